The Balaban J connectivity index is 1.66. The van der Waals surface area contributed by atoms with Crippen LogP contribution in [0.15, 0.2) is 63.9 Å². The molecule has 5 nitrogen and oxygen atoms in total. The molecule has 0 unspecified atom stereocenters. The number of aryl methyl sites for hydroxylation is 1. The van der Waals surface area contributed by atoms with Crippen LogP contribution in [0.3, 0.4) is 0 Å². The Hall–Kier alpha value is -2.68. The summed E-state index contributed by atoms with van der Waals surface area (Å²) in [5.41, 5.74) is 2.22. The number of amides is 1. The van der Waals surface area contributed by atoms with Crippen LogP contribution in [0, 0.1) is 12.7 Å². The Morgan fingerprint density at radius 1 is 1.27 bits per heavy atom. The highest BCUT2D eigenvalue weighted by atomic mass is 35.5. The molecule has 0 bridgehead atoms. The summed E-state index contributed by atoms with van der Waals surface area (Å²) in [6.45, 7) is 1.91. The third-order valence-corrected chi connectivity index (χ3v) is 6.50. The van der Waals surface area contributed by atoms with E-state index in [-0.39, 0.29) is 27.9 Å². The number of hydrogen-bond acceptors (Lipinski definition) is 5. The van der Waals surface area contributed by atoms with Gasteiger partial charge in [-0.25, -0.2) is 9.37 Å². The van der Waals surface area contributed by atoms with E-state index >= 15 is 0 Å². The van der Waals surface area contributed by atoms with Gasteiger partial charge in [0.05, 0.1) is 27.7 Å². The van der Waals surface area contributed by atoms with Gasteiger partial charge in [0.2, 0.25) is 5.91 Å². The molecular formula is C21H15ClFN3O2S2. The number of thiophene rings is 1. The maximum atomic E-state index is 13.4. The molecule has 4 rings (SSSR count). The van der Waals surface area contributed by atoms with Crippen LogP contribution in [-0.2, 0) is 4.79 Å². The molecule has 0 saturated carbocycles. The molecule has 0 aliphatic rings. The number of fused-ring (bicyclic) bond motifs is 1. The first kappa shape index (κ1) is 20.6. The van der Waals surface area contributed by atoms with Crippen molar-refractivity contribution in [1.29, 1.82) is 0 Å². The van der Waals surface area contributed by atoms with Gasteiger partial charge in [-0.1, -0.05) is 41.6 Å². The minimum Gasteiger partial charge on any atom is -0.324 e. The second-order valence-corrected chi connectivity index (χ2v) is 8.68. The quantitative estimate of drug-likeness (QED) is 0.326. The number of hydrogen-bond donors (Lipinski definition) is 1. The van der Waals surface area contributed by atoms with Crippen LogP contribution in [0.5, 0.6) is 0 Å². The molecule has 30 heavy (non-hydrogen) atoms. The van der Waals surface area contributed by atoms with Crippen LogP contribution in [0.25, 0.3) is 15.9 Å². The van der Waals surface area contributed by atoms with E-state index in [0.29, 0.717) is 21.1 Å². The minimum atomic E-state index is -0.500. The van der Waals surface area contributed by atoms with Gasteiger partial charge in [0, 0.05) is 0 Å². The summed E-state index contributed by atoms with van der Waals surface area (Å²) >= 11 is 8.47. The third-order valence-electron chi connectivity index (χ3n) is 4.34. The van der Waals surface area contributed by atoms with Crippen molar-refractivity contribution >= 4 is 56.5 Å². The summed E-state index contributed by atoms with van der Waals surface area (Å²) < 4.78 is 15.5. The molecule has 9 heteroatoms. The lowest BCUT2D eigenvalue weighted by Gasteiger charge is -2.14. The van der Waals surface area contributed by atoms with E-state index in [4.69, 9.17) is 11.6 Å². The maximum Gasteiger partial charge on any atom is 0.276 e. The van der Waals surface area contributed by atoms with Crippen molar-refractivity contribution in [2.24, 2.45) is 0 Å². The normalized spacial score (nSPS) is 11.0. The highest BCUT2D eigenvalue weighted by Gasteiger charge is 2.17. The Labute approximate surface area is 184 Å². The summed E-state index contributed by atoms with van der Waals surface area (Å²) in [6, 6.07) is 13.0. The predicted molar refractivity (Wildman–Crippen MR) is 121 cm³/mol. The summed E-state index contributed by atoms with van der Waals surface area (Å²) in [5, 5.41) is 5.05. The molecule has 2 aromatic carbocycles. The minimum absolute atomic E-state index is 0.0270. The fourth-order valence-corrected chi connectivity index (χ4v) is 4.66. The van der Waals surface area contributed by atoms with Gasteiger partial charge in [-0.3, -0.25) is 14.2 Å². The number of halogens is 2. The summed E-state index contributed by atoms with van der Waals surface area (Å²) in [7, 11) is 0. The van der Waals surface area contributed by atoms with Crippen LogP contribution < -0.4 is 10.9 Å². The predicted octanol–water partition coefficient (Wildman–Crippen LogP) is 5.28. The molecular weight excluding hydrogens is 445 g/mol. The molecule has 0 aliphatic heterocycles. The first-order chi connectivity index (χ1) is 14.4. The number of aromatic nitrogens is 2. The summed E-state index contributed by atoms with van der Waals surface area (Å²) in [5.74, 6) is -0.912. The van der Waals surface area contributed by atoms with Gasteiger partial charge >= 0.3 is 0 Å². The van der Waals surface area contributed by atoms with Crippen molar-refractivity contribution in [1.82, 2.24) is 9.55 Å². The molecule has 2 aromatic heterocycles. The average molecular weight is 460 g/mol. The van der Waals surface area contributed by atoms with Crippen LogP contribution in [-0.4, -0.2) is 21.2 Å². The van der Waals surface area contributed by atoms with Gasteiger partial charge in [0.25, 0.3) is 5.56 Å². The van der Waals surface area contributed by atoms with E-state index in [1.54, 1.807) is 6.07 Å². The number of nitrogens with zero attached hydrogens (tertiary/aromatic N) is 2. The molecule has 0 radical (unpaired) electrons. The Morgan fingerprint density at radius 2 is 2.07 bits per heavy atom. The fraction of sp³-hybridized carbons (Fsp3) is 0.0952. The maximum absolute atomic E-state index is 13.4. The van der Waals surface area contributed by atoms with Crippen molar-refractivity contribution in [3.05, 3.63) is 80.7 Å². The van der Waals surface area contributed by atoms with Crippen LogP contribution in [0.1, 0.15) is 5.56 Å². The number of carbonyl (C=O) groups is 1. The summed E-state index contributed by atoms with van der Waals surface area (Å²) in [4.78, 5) is 30.2. The zero-order valence-electron chi connectivity index (χ0n) is 15.7. The van der Waals surface area contributed by atoms with Gasteiger partial charge in [-0.2, -0.15) is 0 Å². The van der Waals surface area contributed by atoms with E-state index in [1.165, 1.54) is 28.0 Å². The topological polar surface area (TPSA) is 64.0 Å². The first-order valence-corrected chi connectivity index (χ1v) is 11.1. The second kappa shape index (κ2) is 8.59. The zero-order valence-corrected chi connectivity index (χ0v) is 18.1. The lowest BCUT2D eigenvalue weighted by Crippen LogP contribution is -2.22. The highest BCUT2D eigenvalue weighted by molar-refractivity contribution is 7.99. The van der Waals surface area contributed by atoms with Crippen LogP contribution in [0.4, 0.5) is 10.1 Å². The lowest BCUT2D eigenvalue weighted by atomic mass is 10.2. The Kier molecular flexibility index (Phi) is 5.90. The molecule has 0 aliphatic carbocycles. The van der Waals surface area contributed by atoms with Crippen molar-refractivity contribution in [2.75, 3.05) is 11.1 Å². The van der Waals surface area contributed by atoms with Gasteiger partial charge in [-0.15, -0.1) is 11.3 Å². The zero-order chi connectivity index (χ0) is 21.3. The van der Waals surface area contributed by atoms with E-state index in [9.17, 15) is 14.0 Å². The number of carbonyl (C=O) groups excluding carboxylic acids is 1. The Bertz CT molecular complexity index is 1320. The molecule has 0 saturated heterocycles. The van der Waals surface area contributed by atoms with Crippen molar-refractivity contribution in [2.45, 2.75) is 12.1 Å². The monoisotopic (exact) mass is 459 g/mol. The Morgan fingerprint density at radius 3 is 2.87 bits per heavy atom. The van der Waals surface area contributed by atoms with E-state index in [1.807, 2.05) is 36.6 Å². The fourth-order valence-electron chi connectivity index (χ4n) is 2.93. The van der Waals surface area contributed by atoms with Crippen molar-refractivity contribution < 1.29 is 9.18 Å². The molecule has 1 N–H and O–H groups in total. The number of nitrogens with one attached hydrogen (secondary N) is 1. The SMILES string of the molecule is Cc1ccccc1-n1c(SCC(=O)Nc2cc(F)ccc2Cl)nc2ccsc2c1=O. The van der Waals surface area contributed by atoms with Gasteiger partial charge in [0.15, 0.2) is 5.16 Å². The molecule has 0 fully saturated rings. The van der Waals surface area contributed by atoms with Crippen molar-refractivity contribution in [3.63, 3.8) is 0 Å². The van der Waals surface area contributed by atoms with Crippen LogP contribution in [0.2, 0.25) is 5.02 Å². The number of anilines is 1. The van der Waals surface area contributed by atoms with E-state index in [0.717, 1.165) is 23.4 Å². The van der Waals surface area contributed by atoms with Gasteiger partial charge < -0.3 is 5.32 Å². The average Bonchev–Trinajstić information content (AvgIpc) is 3.19. The first-order valence-electron chi connectivity index (χ1n) is 8.88. The lowest BCUT2D eigenvalue weighted by molar-refractivity contribution is -0.113. The van der Waals surface area contributed by atoms with Crippen molar-refractivity contribution in [3.8, 4) is 5.69 Å². The molecule has 0 spiro atoms. The molecule has 4 aromatic rings. The number of para-hydroxylation sites is 1. The standard InChI is InChI=1S/C21H15ClFN3O2S2/c1-12-4-2-3-5-17(12)26-20(28)19-15(8-9-29-19)25-21(26)30-11-18(27)24-16-10-13(23)6-7-14(16)22/h2-10H,11H2,1H3,(H,24,27). The smallest absolute Gasteiger partial charge is 0.276 e. The van der Waals surface area contributed by atoms with E-state index in [2.05, 4.69) is 10.3 Å². The second-order valence-electron chi connectivity index (χ2n) is 6.42. The molecule has 152 valence electrons. The summed E-state index contributed by atoms with van der Waals surface area (Å²) in [6.07, 6.45) is 0. The third kappa shape index (κ3) is 4.12. The molecule has 0 atom stereocenters. The number of rotatable bonds is 5. The largest absolute Gasteiger partial charge is 0.324 e. The number of thioether (sulfide) groups is 1. The highest BCUT2D eigenvalue weighted by Crippen LogP contribution is 2.26. The number of benzene rings is 2. The van der Waals surface area contributed by atoms with Gasteiger partial charge in [0.1, 0.15) is 10.5 Å². The van der Waals surface area contributed by atoms with Crippen LogP contribution >= 0.6 is 34.7 Å². The van der Waals surface area contributed by atoms with Gasteiger partial charge in [-0.05, 0) is 48.2 Å². The molecule has 2 heterocycles. The molecule has 1 amide bonds. The van der Waals surface area contributed by atoms with E-state index < -0.39 is 5.82 Å².